The van der Waals surface area contributed by atoms with E-state index in [4.69, 9.17) is 4.74 Å². The molecule has 2 fully saturated rings. The zero-order valence-corrected chi connectivity index (χ0v) is 11.4. The molecule has 1 saturated heterocycles. The second-order valence-electron chi connectivity index (χ2n) is 6.48. The van der Waals surface area contributed by atoms with E-state index < -0.39 is 22.9 Å². The van der Waals surface area contributed by atoms with E-state index in [1.54, 1.807) is 20.8 Å². The Labute approximate surface area is 108 Å². The van der Waals surface area contributed by atoms with E-state index in [9.17, 15) is 9.18 Å². The molecule has 104 valence electrons. The molecule has 0 unspecified atom stereocenters. The second kappa shape index (κ2) is 4.37. The minimum atomic E-state index is -1.33. The van der Waals surface area contributed by atoms with Crippen LogP contribution in [0.3, 0.4) is 0 Å². The van der Waals surface area contributed by atoms with Gasteiger partial charge in [0.15, 0.2) is 0 Å². The first-order chi connectivity index (χ1) is 8.27. The molecule has 18 heavy (non-hydrogen) atoms. The van der Waals surface area contributed by atoms with Gasteiger partial charge in [-0.1, -0.05) is 12.8 Å². The van der Waals surface area contributed by atoms with Gasteiger partial charge in [0.1, 0.15) is 11.3 Å². The molecule has 2 aliphatic rings. The first-order valence-electron chi connectivity index (χ1n) is 6.67. The lowest BCUT2D eigenvalue weighted by molar-refractivity contribution is 0.00779. The van der Waals surface area contributed by atoms with Crippen molar-refractivity contribution in [3.8, 4) is 0 Å². The molecule has 0 radical (unpaired) electrons. The van der Waals surface area contributed by atoms with E-state index in [0.29, 0.717) is 25.9 Å². The van der Waals surface area contributed by atoms with Crippen LogP contribution in [0.5, 0.6) is 0 Å². The summed E-state index contributed by atoms with van der Waals surface area (Å²) in [4.78, 5) is 11.9. The summed E-state index contributed by atoms with van der Waals surface area (Å²) in [5.74, 6) is 0. The van der Waals surface area contributed by atoms with Crippen LogP contribution in [0, 0.1) is 0 Å². The summed E-state index contributed by atoms with van der Waals surface area (Å²) in [6.45, 7) is 6.23. The average Bonchev–Trinajstić information content (AvgIpc) is 2.51. The molecule has 1 amide bonds. The van der Waals surface area contributed by atoms with Crippen LogP contribution in [0.15, 0.2) is 0 Å². The lowest BCUT2D eigenvalue weighted by Crippen LogP contribution is -2.63. The highest BCUT2D eigenvalue weighted by Gasteiger charge is 2.58. The molecule has 2 rings (SSSR count). The zero-order valence-electron chi connectivity index (χ0n) is 11.4. The van der Waals surface area contributed by atoms with Crippen molar-refractivity contribution in [2.24, 2.45) is 0 Å². The third kappa shape index (κ3) is 2.46. The van der Waals surface area contributed by atoms with Crippen molar-refractivity contribution in [3.05, 3.63) is 0 Å². The molecule has 4 nitrogen and oxygen atoms in total. The summed E-state index contributed by atoms with van der Waals surface area (Å²) in [5.41, 5.74) is -2.67. The third-order valence-corrected chi connectivity index (χ3v) is 3.86. The number of ether oxygens (including phenoxy) is 1. The maximum absolute atomic E-state index is 14.9. The smallest absolute Gasteiger partial charge is 0.408 e. The number of hydrogen-bond donors (Lipinski definition) is 2. The minimum Gasteiger partial charge on any atom is -0.444 e. The van der Waals surface area contributed by atoms with Crippen molar-refractivity contribution in [2.45, 2.75) is 63.3 Å². The van der Waals surface area contributed by atoms with Gasteiger partial charge in [0.2, 0.25) is 0 Å². The second-order valence-corrected chi connectivity index (χ2v) is 6.48. The Balaban J connectivity index is 2.08. The predicted molar refractivity (Wildman–Crippen MR) is 67.3 cm³/mol. The fourth-order valence-electron chi connectivity index (χ4n) is 2.99. The molecule has 2 atom stereocenters. The van der Waals surface area contributed by atoms with Crippen molar-refractivity contribution in [3.63, 3.8) is 0 Å². The maximum atomic E-state index is 14.9. The van der Waals surface area contributed by atoms with Crippen molar-refractivity contribution in [1.29, 1.82) is 0 Å². The fraction of sp³-hybridized carbons (Fsp3) is 0.923. The average molecular weight is 258 g/mol. The van der Waals surface area contributed by atoms with Gasteiger partial charge in [0.25, 0.3) is 0 Å². The largest absolute Gasteiger partial charge is 0.444 e. The number of alkyl carbamates (subject to hydrolysis) is 1. The van der Waals surface area contributed by atoms with Crippen molar-refractivity contribution < 1.29 is 13.9 Å². The molecule has 0 spiro atoms. The van der Waals surface area contributed by atoms with E-state index in [-0.39, 0.29) is 0 Å². The van der Waals surface area contributed by atoms with Gasteiger partial charge in [-0.3, -0.25) is 0 Å². The molecule has 2 N–H and O–H groups in total. The lowest BCUT2D eigenvalue weighted by Gasteiger charge is -2.43. The van der Waals surface area contributed by atoms with Gasteiger partial charge in [0.05, 0.1) is 5.54 Å². The van der Waals surface area contributed by atoms with E-state index in [1.165, 1.54) is 0 Å². The number of carbonyl (C=O) groups is 1. The Morgan fingerprint density at radius 1 is 1.28 bits per heavy atom. The van der Waals surface area contributed by atoms with Gasteiger partial charge in [0, 0.05) is 13.1 Å². The number of nitrogens with one attached hydrogen (secondary N) is 2. The van der Waals surface area contributed by atoms with Gasteiger partial charge in [-0.2, -0.15) is 0 Å². The number of fused-ring (bicyclic) bond motifs is 1. The highest BCUT2D eigenvalue weighted by Crippen LogP contribution is 2.43. The molecule has 1 saturated carbocycles. The summed E-state index contributed by atoms with van der Waals surface area (Å²) < 4.78 is 20.1. The van der Waals surface area contributed by atoms with Crippen LogP contribution in [0.1, 0.15) is 46.5 Å². The van der Waals surface area contributed by atoms with Gasteiger partial charge in [-0.05, 0) is 33.6 Å². The van der Waals surface area contributed by atoms with E-state index >= 15 is 0 Å². The molecule has 1 aliphatic heterocycles. The highest BCUT2D eigenvalue weighted by molar-refractivity contribution is 5.69. The summed E-state index contributed by atoms with van der Waals surface area (Å²) in [5, 5.41) is 5.86. The summed E-state index contributed by atoms with van der Waals surface area (Å²) >= 11 is 0. The molecule has 0 bridgehead atoms. The highest BCUT2D eigenvalue weighted by atomic mass is 19.1. The molecule has 0 aromatic heterocycles. The molecule has 1 aliphatic carbocycles. The molecular formula is C13H23FN2O2. The summed E-state index contributed by atoms with van der Waals surface area (Å²) in [7, 11) is 0. The minimum absolute atomic E-state index is 0.322. The Morgan fingerprint density at radius 2 is 1.94 bits per heavy atom. The van der Waals surface area contributed by atoms with Crippen molar-refractivity contribution in [2.75, 3.05) is 13.1 Å². The number of alkyl halides is 1. The maximum Gasteiger partial charge on any atom is 0.408 e. The van der Waals surface area contributed by atoms with Gasteiger partial charge >= 0.3 is 6.09 Å². The van der Waals surface area contributed by atoms with Crippen molar-refractivity contribution in [1.82, 2.24) is 10.6 Å². The number of rotatable bonds is 1. The van der Waals surface area contributed by atoms with Crippen LogP contribution in [-0.4, -0.2) is 36.0 Å². The Bertz CT molecular complexity index is 342. The van der Waals surface area contributed by atoms with Gasteiger partial charge in [-0.25, -0.2) is 9.18 Å². The summed E-state index contributed by atoms with van der Waals surface area (Å²) in [6.07, 6.45) is 2.50. The lowest BCUT2D eigenvalue weighted by atomic mass is 9.72. The molecule has 0 aromatic carbocycles. The predicted octanol–water partition coefficient (Wildman–Crippen LogP) is 2.14. The van der Waals surface area contributed by atoms with Crippen LogP contribution in [0.25, 0.3) is 0 Å². The first kappa shape index (κ1) is 13.6. The normalized spacial score (nSPS) is 36.0. The number of halogens is 1. The Morgan fingerprint density at radius 3 is 2.61 bits per heavy atom. The number of hydrogen-bond acceptors (Lipinski definition) is 3. The Hall–Kier alpha value is -0.840. The SMILES string of the molecule is CC(C)(C)OC(=O)N[C@@]12CCCC[C@]1(F)CNC2. The quantitative estimate of drug-likeness (QED) is 0.757. The monoisotopic (exact) mass is 258 g/mol. The van der Waals surface area contributed by atoms with Gasteiger partial charge in [-0.15, -0.1) is 0 Å². The van der Waals surface area contributed by atoms with Crippen molar-refractivity contribution >= 4 is 6.09 Å². The van der Waals surface area contributed by atoms with Crippen LogP contribution >= 0.6 is 0 Å². The molecule has 1 heterocycles. The van der Waals surface area contributed by atoms with Crippen LogP contribution in [0.2, 0.25) is 0 Å². The zero-order chi connectivity index (χ0) is 13.4. The standard InChI is InChI=1S/C13H23FN2O2/c1-11(2,3)18-10(17)16-13-7-5-4-6-12(13,14)8-15-9-13/h15H,4-9H2,1-3H3,(H,16,17)/t12-,13+/m0/s1. The topological polar surface area (TPSA) is 50.4 Å². The Kier molecular flexibility index (Phi) is 3.30. The summed E-state index contributed by atoms with van der Waals surface area (Å²) in [6, 6.07) is 0. The van der Waals surface area contributed by atoms with E-state index in [0.717, 1.165) is 12.8 Å². The third-order valence-electron chi connectivity index (χ3n) is 3.86. The van der Waals surface area contributed by atoms with Crippen LogP contribution < -0.4 is 10.6 Å². The number of carbonyl (C=O) groups excluding carboxylic acids is 1. The van der Waals surface area contributed by atoms with Gasteiger partial charge < -0.3 is 15.4 Å². The van der Waals surface area contributed by atoms with Crippen LogP contribution in [0.4, 0.5) is 9.18 Å². The number of amides is 1. The van der Waals surface area contributed by atoms with E-state index in [2.05, 4.69) is 10.6 Å². The molecular weight excluding hydrogens is 235 g/mol. The van der Waals surface area contributed by atoms with E-state index in [1.807, 2.05) is 0 Å². The fourth-order valence-corrected chi connectivity index (χ4v) is 2.99. The first-order valence-corrected chi connectivity index (χ1v) is 6.67. The molecule has 5 heteroatoms. The van der Waals surface area contributed by atoms with Crippen LogP contribution in [-0.2, 0) is 4.74 Å². The molecule has 0 aromatic rings.